The molecule has 1 aliphatic rings. The van der Waals surface area contributed by atoms with Gasteiger partial charge in [0, 0.05) is 18.3 Å². The van der Waals surface area contributed by atoms with E-state index in [1.807, 2.05) is 24.6 Å². The molecule has 0 saturated carbocycles. The van der Waals surface area contributed by atoms with Crippen molar-refractivity contribution in [3.63, 3.8) is 0 Å². The van der Waals surface area contributed by atoms with Gasteiger partial charge in [0.1, 0.15) is 35.5 Å². The molecule has 0 bridgehead atoms. The predicted octanol–water partition coefficient (Wildman–Crippen LogP) is 2.39. The summed E-state index contributed by atoms with van der Waals surface area (Å²) in [5, 5.41) is 20.6. The van der Waals surface area contributed by atoms with E-state index in [4.69, 9.17) is 15.1 Å². The van der Waals surface area contributed by atoms with Crippen LogP contribution in [-0.2, 0) is 6.54 Å². The van der Waals surface area contributed by atoms with Crippen molar-refractivity contribution in [2.24, 2.45) is 4.99 Å². The van der Waals surface area contributed by atoms with Crippen molar-refractivity contribution in [3.8, 4) is 22.9 Å². The summed E-state index contributed by atoms with van der Waals surface area (Å²) < 4.78 is 7.71. The third-order valence-corrected chi connectivity index (χ3v) is 3.52. The summed E-state index contributed by atoms with van der Waals surface area (Å²) in [4.78, 5) is 8.97. The predicted molar refractivity (Wildman–Crippen MR) is 93.0 cm³/mol. The molecule has 0 aliphatic carbocycles. The Bertz CT molecular complexity index is 807. The summed E-state index contributed by atoms with van der Waals surface area (Å²) in [6.45, 7) is 6.81. The maximum atomic E-state index is 9.66. The van der Waals surface area contributed by atoms with Gasteiger partial charge in [-0.05, 0) is 32.9 Å². The van der Waals surface area contributed by atoms with Gasteiger partial charge in [0.2, 0.25) is 0 Å². The average molecular weight is 327 g/mol. The Hall–Kier alpha value is -2.83. The van der Waals surface area contributed by atoms with Gasteiger partial charge < -0.3 is 19.7 Å². The molecule has 0 amide bonds. The number of hydrogen-bond donors (Lipinski definition) is 3. The molecule has 7 nitrogen and oxygen atoms in total. The molecule has 3 N–H and O–H groups in total. The van der Waals surface area contributed by atoms with Crippen LogP contribution in [-0.4, -0.2) is 39.0 Å². The Morgan fingerprint density at radius 3 is 2.96 bits per heavy atom. The molecule has 0 fully saturated rings. The Morgan fingerprint density at radius 2 is 2.25 bits per heavy atom. The van der Waals surface area contributed by atoms with E-state index in [2.05, 4.69) is 10.3 Å². The molecule has 0 atom stereocenters. The van der Waals surface area contributed by atoms with Crippen molar-refractivity contribution < 1.29 is 9.84 Å². The zero-order valence-corrected chi connectivity index (χ0v) is 14.0. The van der Waals surface area contributed by atoms with Crippen molar-refractivity contribution >= 4 is 11.7 Å². The molecular formula is C17H21N5O2. The maximum absolute atomic E-state index is 9.66. The number of rotatable bonds is 2. The van der Waals surface area contributed by atoms with Crippen LogP contribution in [0.15, 0.2) is 29.4 Å². The van der Waals surface area contributed by atoms with Gasteiger partial charge in [-0.15, -0.1) is 0 Å². The van der Waals surface area contributed by atoms with Crippen LogP contribution < -0.4 is 10.1 Å². The molecular weight excluding hydrogens is 306 g/mol. The summed E-state index contributed by atoms with van der Waals surface area (Å²) in [6, 6.07) is 5.20. The largest absolute Gasteiger partial charge is 0.508 e. The van der Waals surface area contributed by atoms with Crippen LogP contribution in [0.3, 0.4) is 0 Å². The second-order valence-electron chi connectivity index (χ2n) is 6.02. The highest BCUT2D eigenvalue weighted by Crippen LogP contribution is 2.34. The van der Waals surface area contributed by atoms with Gasteiger partial charge in [0.05, 0.1) is 12.1 Å². The van der Waals surface area contributed by atoms with Crippen LogP contribution in [0.25, 0.3) is 11.4 Å². The number of ether oxygens (including phenoxy) is 1. The highest BCUT2D eigenvalue weighted by atomic mass is 16.5. The van der Waals surface area contributed by atoms with E-state index in [1.165, 1.54) is 0 Å². The molecule has 0 unspecified atom stereocenters. The fourth-order valence-corrected chi connectivity index (χ4v) is 2.59. The molecule has 1 aromatic heterocycles. The first-order valence-electron chi connectivity index (χ1n) is 7.88. The van der Waals surface area contributed by atoms with Crippen LogP contribution in [0.4, 0.5) is 0 Å². The van der Waals surface area contributed by atoms with Gasteiger partial charge in [-0.3, -0.25) is 5.41 Å². The summed E-state index contributed by atoms with van der Waals surface area (Å²) >= 11 is 0. The first-order valence-corrected chi connectivity index (χ1v) is 7.88. The summed E-state index contributed by atoms with van der Waals surface area (Å²) in [5.74, 6) is 2.34. The van der Waals surface area contributed by atoms with E-state index in [0.29, 0.717) is 30.4 Å². The summed E-state index contributed by atoms with van der Waals surface area (Å²) in [5.41, 5.74) is 1.51. The molecule has 1 aliphatic heterocycles. The Labute approximate surface area is 140 Å². The second kappa shape index (κ2) is 6.35. The normalized spacial score (nSPS) is 13.8. The zero-order chi connectivity index (χ0) is 17.3. The van der Waals surface area contributed by atoms with Crippen molar-refractivity contribution in [1.82, 2.24) is 14.9 Å². The fourth-order valence-electron chi connectivity index (χ4n) is 2.59. The fraction of sp³-hybridized carbons (Fsp3) is 0.353. The summed E-state index contributed by atoms with van der Waals surface area (Å²) in [6.07, 6.45) is 1.91. The van der Waals surface area contributed by atoms with Crippen LogP contribution in [0.2, 0.25) is 0 Å². The van der Waals surface area contributed by atoms with E-state index < -0.39 is 0 Å². The number of aromatic hydroxyl groups is 1. The number of hydrogen-bond acceptors (Lipinski definition) is 4. The number of amidine groups is 2. The minimum Gasteiger partial charge on any atom is -0.508 e. The molecule has 2 heterocycles. The SMILES string of the molecule is CC(=N)/N=C(\NC(C)C)c1cn2c(n1)-c1ccc(O)cc1OCC2. The number of nitrogens with one attached hydrogen (secondary N) is 2. The zero-order valence-electron chi connectivity index (χ0n) is 14.0. The van der Waals surface area contributed by atoms with Crippen molar-refractivity contribution in [1.29, 1.82) is 5.41 Å². The van der Waals surface area contributed by atoms with E-state index in [1.54, 1.807) is 25.1 Å². The number of benzene rings is 1. The lowest BCUT2D eigenvalue weighted by molar-refractivity contribution is 0.305. The van der Waals surface area contributed by atoms with Gasteiger partial charge in [-0.1, -0.05) is 0 Å². The molecule has 24 heavy (non-hydrogen) atoms. The lowest BCUT2D eigenvalue weighted by Gasteiger charge is -2.11. The monoisotopic (exact) mass is 327 g/mol. The first kappa shape index (κ1) is 16.0. The number of aliphatic imine (C=N–C) groups is 1. The number of fused-ring (bicyclic) bond motifs is 3. The highest BCUT2D eigenvalue weighted by molar-refractivity contribution is 6.04. The molecule has 126 valence electrons. The highest BCUT2D eigenvalue weighted by Gasteiger charge is 2.21. The number of phenolic OH excluding ortho intramolecular Hbond substituents is 1. The third-order valence-electron chi connectivity index (χ3n) is 3.52. The second-order valence-corrected chi connectivity index (χ2v) is 6.02. The Balaban J connectivity index is 2.08. The van der Waals surface area contributed by atoms with Crippen LogP contribution in [0.1, 0.15) is 26.5 Å². The molecule has 0 spiro atoms. The first-order chi connectivity index (χ1) is 11.4. The quantitative estimate of drug-likeness (QED) is 0.583. The lowest BCUT2D eigenvalue weighted by Crippen LogP contribution is -2.32. The van der Waals surface area contributed by atoms with Gasteiger partial charge in [-0.2, -0.15) is 0 Å². The van der Waals surface area contributed by atoms with E-state index in [0.717, 1.165) is 11.4 Å². The molecule has 1 aromatic carbocycles. The molecule has 2 aromatic rings. The van der Waals surface area contributed by atoms with Gasteiger partial charge in [0.25, 0.3) is 0 Å². The van der Waals surface area contributed by atoms with Crippen molar-refractivity contribution in [2.75, 3.05) is 6.61 Å². The lowest BCUT2D eigenvalue weighted by atomic mass is 10.2. The molecule has 0 radical (unpaired) electrons. The minimum absolute atomic E-state index is 0.164. The molecule has 3 rings (SSSR count). The molecule has 0 saturated heterocycles. The van der Waals surface area contributed by atoms with Gasteiger partial charge >= 0.3 is 0 Å². The third kappa shape index (κ3) is 3.24. The van der Waals surface area contributed by atoms with Crippen LogP contribution in [0, 0.1) is 5.41 Å². The van der Waals surface area contributed by atoms with E-state index in [9.17, 15) is 5.11 Å². The van der Waals surface area contributed by atoms with Crippen LogP contribution in [0.5, 0.6) is 11.5 Å². The number of nitrogens with zero attached hydrogens (tertiary/aromatic N) is 3. The molecule has 7 heteroatoms. The van der Waals surface area contributed by atoms with E-state index in [-0.39, 0.29) is 17.6 Å². The maximum Gasteiger partial charge on any atom is 0.155 e. The number of phenols is 1. The smallest absolute Gasteiger partial charge is 0.155 e. The number of aromatic nitrogens is 2. The Kier molecular flexibility index (Phi) is 4.24. The Morgan fingerprint density at radius 1 is 1.46 bits per heavy atom. The topological polar surface area (TPSA) is 95.5 Å². The van der Waals surface area contributed by atoms with Crippen molar-refractivity contribution in [3.05, 3.63) is 30.1 Å². The van der Waals surface area contributed by atoms with E-state index >= 15 is 0 Å². The number of imidazole rings is 1. The summed E-state index contributed by atoms with van der Waals surface area (Å²) in [7, 11) is 0. The van der Waals surface area contributed by atoms with Crippen molar-refractivity contribution in [2.45, 2.75) is 33.4 Å². The minimum atomic E-state index is 0.164. The van der Waals surface area contributed by atoms with Gasteiger partial charge in [0.15, 0.2) is 5.84 Å². The van der Waals surface area contributed by atoms with Gasteiger partial charge in [-0.25, -0.2) is 9.98 Å². The average Bonchev–Trinajstić information content (AvgIpc) is 2.83. The van der Waals surface area contributed by atoms with Crippen LogP contribution >= 0.6 is 0 Å². The standard InChI is InChI=1S/C17H21N5O2/c1-10(2)19-16(20-11(3)18)14-9-22-6-7-24-15-8-12(23)4-5-13(15)17(22)21-14/h4-5,8-10,23H,6-7H2,1-3H3,(H2,18,19,20).